The summed E-state index contributed by atoms with van der Waals surface area (Å²) in [6, 6.07) is 3.74. The molecule has 0 amide bonds. The van der Waals surface area contributed by atoms with Gasteiger partial charge in [0.05, 0.1) is 0 Å². The van der Waals surface area contributed by atoms with Crippen LogP contribution in [-0.2, 0) is 0 Å². The van der Waals surface area contributed by atoms with E-state index >= 15 is 0 Å². The van der Waals surface area contributed by atoms with Crippen molar-refractivity contribution in [3.05, 3.63) is 28.2 Å². The fourth-order valence-corrected chi connectivity index (χ4v) is 1.52. The van der Waals surface area contributed by atoms with Gasteiger partial charge < -0.3 is 10.8 Å². The van der Waals surface area contributed by atoms with Gasteiger partial charge in [-0.1, -0.05) is 15.9 Å². The Morgan fingerprint density at radius 1 is 1.40 bits per heavy atom. The molecule has 1 atom stereocenters. The summed E-state index contributed by atoms with van der Waals surface area (Å²) in [5.74, 6) is -0.0543. The van der Waals surface area contributed by atoms with Crippen LogP contribution in [0.25, 0.3) is 0 Å². The van der Waals surface area contributed by atoms with Crippen LogP contribution in [0.2, 0.25) is 0 Å². The van der Waals surface area contributed by atoms with Crippen LogP contribution in [0, 0.1) is 0 Å². The van der Waals surface area contributed by atoms with Crippen molar-refractivity contribution in [3.8, 4) is 5.75 Å². The molecule has 86 valence electrons. The van der Waals surface area contributed by atoms with E-state index in [-0.39, 0.29) is 18.2 Å². The van der Waals surface area contributed by atoms with Gasteiger partial charge in [0, 0.05) is 22.5 Å². The van der Waals surface area contributed by atoms with E-state index in [0.29, 0.717) is 10.0 Å². The first-order valence-electron chi connectivity index (χ1n) is 4.03. The van der Waals surface area contributed by atoms with Gasteiger partial charge in [-0.25, -0.2) is 8.78 Å². The van der Waals surface area contributed by atoms with Gasteiger partial charge in [-0.3, -0.25) is 0 Å². The number of benzene rings is 1. The first-order valence-corrected chi connectivity index (χ1v) is 4.82. The molecule has 0 radical (unpaired) electrons. The van der Waals surface area contributed by atoms with E-state index in [4.69, 9.17) is 5.73 Å². The van der Waals surface area contributed by atoms with Crippen molar-refractivity contribution in [2.24, 2.45) is 5.73 Å². The van der Waals surface area contributed by atoms with Gasteiger partial charge >= 0.3 is 0 Å². The first-order chi connectivity index (χ1) is 6.50. The third kappa shape index (κ3) is 4.32. The Morgan fingerprint density at radius 3 is 2.53 bits per heavy atom. The highest BCUT2D eigenvalue weighted by molar-refractivity contribution is 9.10. The molecule has 1 aromatic carbocycles. The largest absolute Gasteiger partial charge is 0.508 e. The number of halogens is 4. The van der Waals surface area contributed by atoms with Crippen molar-refractivity contribution in [1.29, 1.82) is 0 Å². The number of alkyl halides is 2. The minimum absolute atomic E-state index is 0. The first kappa shape index (κ1) is 14.6. The van der Waals surface area contributed by atoms with Crippen LogP contribution in [0.15, 0.2) is 22.7 Å². The Bertz CT molecular complexity index is 325. The van der Waals surface area contributed by atoms with Crippen molar-refractivity contribution in [3.63, 3.8) is 0 Å². The van der Waals surface area contributed by atoms with Gasteiger partial charge in [0.1, 0.15) is 5.75 Å². The Kier molecular flexibility index (Phi) is 6.09. The third-order valence-corrected chi connectivity index (χ3v) is 2.31. The molecule has 0 aliphatic heterocycles. The predicted octanol–water partition coefficient (Wildman–Crippen LogP) is 3.23. The Balaban J connectivity index is 0.00000196. The Morgan fingerprint density at radius 2 is 2.00 bits per heavy atom. The third-order valence-electron chi connectivity index (χ3n) is 1.82. The summed E-state index contributed by atoms with van der Waals surface area (Å²) in [5.41, 5.74) is 5.84. The molecule has 2 nitrogen and oxygen atoms in total. The van der Waals surface area contributed by atoms with Gasteiger partial charge in [0.15, 0.2) is 0 Å². The summed E-state index contributed by atoms with van der Waals surface area (Å²) in [6.45, 7) is 0. The molecule has 1 aromatic rings. The minimum Gasteiger partial charge on any atom is -0.508 e. The van der Waals surface area contributed by atoms with Gasteiger partial charge in [-0.15, -0.1) is 12.4 Å². The van der Waals surface area contributed by atoms with Crippen molar-refractivity contribution in [2.45, 2.75) is 18.9 Å². The van der Waals surface area contributed by atoms with Crippen LogP contribution >= 0.6 is 28.3 Å². The number of phenolic OH excluding ortho intramolecular Hbond substituents is 1. The molecule has 0 bridgehead atoms. The van der Waals surface area contributed by atoms with E-state index in [0.717, 1.165) is 0 Å². The van der Waals surface area contributed by atoms with Crippen LogP contribution in [0.3, 0.4) is 0 Å². The van der Waals surface area contributed by atoms with E-state index in [2.05, 4.69) is 15.9 Å². The average Bonchev–Trinajstić information content (AvgIpc) is 2.08. The van der Waals surface area contributed by atoms with Crippen LogP contribution in [-0.4, -0.2) is 11.5 Å². The SMILES string of the molecule is Cl.N[C@H](CC(F)F)c1cc(Br)ccc1O. The maximum atomic E-state index is 12.0. The zero-order valence-corrected chi connectivity index (χ0v) is 10.1. The molecule has 0 aromatic heterocycles. The lowest BCUT2D eigenvalue weighted by Crippen LogP contribution is -2.14. The van der Waals surface area contributed by atoms with Crippen molar-refractivity contribution in [1.82, 2.24) is 0 Å². The zero-order chi connectivity index (χ0) is 10.7. The standard InChI is InChI=1S/C9H10BrF2NO.ClH/c10-5-1-2-8(14)6(3-5)7(13)4-9(11)12;/h1-3,7,9,14H,4,13H2;1H/t7-;/m1./s1. The van der Waals surface area contributed by atoms with Gasteiger partial charge in [0.2, 0.25) is 6.43 Å². The molecular weight excluding hydrogens is 291 g/mol. The molecule has 15 heavy (non-hydrogen) atoms. The molecular formula is C9H11BrClF2NO. The topological polar surface area (TPSA) is 46.2 Å². The molecule has 0 unspecified atom stereocenters. The summed E-state index contributed by atoms with van der Waals surface area (Å²) in [5, 5.41) is 9.37. The number of phenols is 1. The predicted molar refractivity (Wildman–Crippen MR) is 60.6 cm³/mol. The monoisotopic (exact) mass is 301 g/mol. The number of rotatable bonds is 3. The second-order valence-electron chi connectivity index (χ2n) is 2.94. The molecule has 0 saturated carbocycles. The van der Waals surface area contributed by atoms with E-state index in [1.807, 2.05) is 0 Å². The molecule has 6 heteroatoms. The second-order valence-corrected chi connectivity index (χ2v) is 3.85. The molecule has 3 N–H and O–H groups in total. The normalized spacial score (nSPS) is 12.3. The molecule has 0 aliphatic rings. The fourth-order valence-electron chi connectivity index (χ4n) is 1.14. The number of hydrogen-bond donors (Lipinski definition) is 2. The van der Waals surface area contributed by atoms with E-state index in [9.17, 15) is 13.9 Å². The number of nitrogens with two attached hydrogens (primary N) is 1. The summed E-state index contributed by atoms with van der Waals surface area (Å²) < 4.78 is 24.8. The van der Waals surface area contributed by atoms with E-state index < -0.39 is 18.9 Å². The minimum atomic E-state index is -2.47. The fraction of sp³-hybridized carbons (Fsp3) is 0.333. The highest BCUT2D eigenvalue weighted by atomic mass is 79.9. The summed E-state index contributed by atoms with van der Waals surface area (Å²) in [7, 11) is 0. The van der Waals surface area contributed by atoms with Crippen LogP contribution in [0.4, 0.5) is 8.78 Å². The lowest BCUT2D eigenvalue weighted by Gasteiger charge is -2.13. The molecule has 0 saturated heterocycles. The molecule has 0 heterocycles. The lowest BCUT2D eigenvalue weighted by molar-refractivity contribution is 0.128. The van der Waals surface area contributed by atoms with Crippen LogP contribution < -0.4 is 5.73 Å². The maximum Gasteiger partial charge on any atom is 0.240 e. The van der Waals surface area contributed by atoms with E-state index in [1.165, 1.54) is 6.07 Å². The zero-order valence-electron chi connectivity index (χ0n) is 7.66. The summed E-state index contributed by atoms with van der Waals surface area (Å²) in [4.78, 5) is 0. The summed E-state index contributed by atoms with van der Waals surface area (Å²) >= 11 is 3.18. The van der Waals surface area contributed by atoms with E-state index in [1.54, 1.807) is 12.1 Å². The number of hydrogen-bond acceptors (Lipinski definition) is 2. The summed E-state index contributed by atoms with van der Waals surface area (Å²) in [6.07, 6.45) is -2.92. The van der Waals surface area contributed by atoms with Gasteiger partial charge in [0.25, 0.3) is 0 Å². The van der Waals surface area contributed by atoms with Crippen LogP contribution in [0.1, 0.15) is 18.0 Å². The molecule has 0 fully saturated rings. The smallest absolute Gasteiger partial charge is 0.240 e. The van der Waals surface area contributed by atoms with Crippen LogP contribution in [0.5, 0.6) is 5.75 Å². The van der Waals surface area contributed by atoms with Crippen molar-refractivity contribution in [2.75, 3.05) is 0 Å². The molecule has 0 spiro atoms. The van der Waals surface area contributed by atoms with Gasteiger partial charge in [-0.2, -0.15) is 0 Å². The maximum absolute atomic E-state index is 12.0. The van der Waals surface area contributed by atoms with Crippen molar-refractivity contribution < 1.29 is 13.9 Å². The highest BCUT2D eigenvalue weighted by Gasteiger charge is 2.16. The second kappa shape index (κ2) is 6.25. The average molecular weight is 303 g/mol. The number of aromatic hydroxyl groups is 1. The Labute approximate surface area is 101 Å². The van der Waals surface area contributed by atoms with Gasteiger partial charge in [-0.05, 0) is 18.2 Å². The lowest BCUT2D eigenvalue weighted by atomic mass is 10.0. The quantitative estimate of drug-likeness (QED) is 0.900. The Hall–Kier alpha value is -0.390. The molecule has 1 rings (SSSR count). The molecule has 0 aliphatic carbocycles. The highest BCUT2D eigenvalue weighted by Crippen LogP contribution is 2.29. The van der Waals surface area contributed by atoms with Crippen molar-refractivity contribution >= 4 is 28.3 Å².